The number of aromatic nitrogens is 5. The molecule has 1 N–H and O–H groups in total. The van der Waals surface area contributed by atoms with Crippen molar-refractivity contribution in [3.05, 3.63) is 59.8 Å². The van der Waals surface area contributed by atoms with Crippen molar-refractivity contribution in [2.75, 3.05) is 0 Å². The van der Waals surface area contributed by atoms with Gasteiger partial charge in [-0.15, -0.1) is 11.3 Å². The molecule has 0 aliphatic rings. The number of thiazole rings is 1. The number of imidazole rings is 1. The largest absolute Gasteiger partial charge is 0.455 e. The third kappa shape index (κ3) is 3.35. The SMILES string of the molecule is OCc1ccc(-c2nccn2CCc2csc(-c3ncccn3)n2)o1. The van der Waals surface area contributed by atoms with Gasteiger partial charge in [0.2, 0.25) is 0 Å². The molecule has 0 amide bonds. The number of aliphatic hydroxyl groups is 1. The van der Waals surface area contributed by atoms with E-state index in [1.165, 1.54) is 11.3 Å². The summed E-state index contributed by atoms with van der Waals surface area (Å²) in [6, 6.07) is 5.36. The second-order valence-corrected chi connectivity index (χ2v) is 6.19. The van der Waals surface area contributed by atoms with E-state index in [1.807, 2.05) is 22.2 Å². The highest BCUT2D eigenvalue weighted by molar-refractivity contribution is 7.13. The topological polar surface area (TPSA) is 89.9 Å². The van der Waals surface area contributed by atoms with Crippen molar-refractivity contribution in [3.63, 3.8) is 0 Å². The van der Waals surface area contributed by atoms with Crippen LogP contribution >= 0.6 is 11.3 Å². The summed E-state index contributed by atoms with van der Waals surface area (Å²) < 4.78 is 7.58. The zero-order valence-electron chi connectivity index (χ0n) is 13.2. The zero-order chi connectivity index (χ0) is 17.1. The van der Waals surface area contributed by atoms with E-state index in [0.717, 1.165) is 29.5 Å². The summed E-state index contributed by atoms with van der Waals surface area (Å²) >= 11 is 1.54. The lowest BCUT2D eigenvalue weighted by Crippen LogP contribution is -2.02. The van der Waals surface area contributed by atoms with Crippen LogP contribution in [0.1, 0.15) is 11.5 Å². The van der Waals surface area contributed by atoms with Crippen LogP contribution in [0.5, 0.6) is 0 Å². The van der Waals surface area contributed by atoms with Gasteiger partial charge in [0.25, 0.3) is 0 Å². The van der Waals surface area contributed by atoms with Gasteiger partial charge in [-0.25, -0.2) is 19.9 Å². The molecule has 4 heterocycles. The van der Waals surface area contributed by atoms with Gasteiger partial charge in [0.1, 0.15) is 12.4 Å². The maximum absolute atomic E-state index is 9.13. The molecule has 0 saturated heterocycles. The van der Waals surface area contributed by atoms with Gasteiger partial charge in [0.15, 0.2) is 22.4 Å². The molecule has 0 fully saturated rings. The number of hydrogen-bond donors (Lipinski definition) is 1. The van der Waals surface area contributed by atoms with E-state index in [-0.39, 0.29) is 6.61 Å². The smallest absolute Gasteiger partial charge is 0.188 e. The van der Waals surface area contributed by atoms with Gasteiger partial charge >= 0.3 is 0 Å². The van der Waals surface area contributed by atoms with Gasteiger partial charge in [-0.05, 0) is 18.2 Å². The van der Waals surface area contributed by atoms with Crippen LogP contribution < -0.4 is 0 Å². The Morgan fingerprint density at radius 1 is 1.12 bits per heavy atom. The summed E-state index contributed by atoms with van der Waals surface area (Å²) in [5.41, 5.74) is 0.989. The predicted octanol–water partition coefficient (Wildman–Crippen LogP) is 2.79. The highest BCUT2D eigenvalue weighted by Gasteiger charge is 2.12. The Morgan fingerprint density at radius 3 is 2.80 bits per heavy atom. The molecular weight excluding hydrogens is 338 g/mol. The lowest BCUT2D eigenvalue weighted by atomic mass is 10.3. The molecule has 0 aromatic carbocycles. The van der Waals surface area contributed by atoms with Crippen molar-refractivity contribution in [2.45, 2.75) is 19.6 Å². The van der Waals surface area contributed by atoms with E-state index in [4.69, 9.17) is 9.52 Å². The van der Waals surface area contributed by atoms with Crippen molar-refractivity contribution in [1.82, 2.24) is 24.5 Å². The summed E-state index contributed by atoms with van der Waals surface area (Å²) in [5.74, 6) is 2.55. The van der Waals surface area contributed by atoms with Gasteiger partial charge in [0, 0.05) is 43.1 Å². The van der Waals surface area contributed by atoms with Gasteiger partial charge in [-0.2, -0.15) is 0 Å². The molecule has 126 valence electrons. The fourth-order valence-electron chi connectivity index (χ4n) is 2.47. The molecule has 0 unspecified atom stereocenters. The maximum atomic E-state index is 9.13. The second-order valence-electron chi connectivity index (χ2n) is 5.33. The lowest BCUT2D eigenvalue weighted by Gasteiger charge is -2.04. The molecule has 0 aliphatic heterocycles. The van der Waals surface area contributed by atoms with Crippen molar-refractivity contribution in [3.8, 4) is 22.4 Å². The third-order valence-corrected chi connectivity index (χ3v) is 4.56. The molecule has 0 radical (unpaired) electrons. The number of aryl methyl sites for hydroxylation is 2. The first-order valence-electron chi connectivity index (χ1n) is 7.76. The summed E-state index contributed by atoms with van der Waals surface area (Å²) in [6.45, 7) is 0.604. The molecule has 4 aromatic rings. The predicted molar refractivity (Wildman–Crippen MR) is 92.7 cm³/mol. The van der Waals surface area contributed by atoms with Gasteiger partial charge in [-0.3, -0.25) is 0 Å². The monoisotopic (exact) mass is 353 g/mol. The van der Waals surface area contributed by atoms with Crippen LogP contribution in [0.2, 0.25) is 0 Å². The highest BCUT2D eigenvalue weighted by atomic mass is 32.1. The van der Waals surface area contributed by atoms with Crippen LogP contribution in [0, 0.1) is 0 Å². The third-order valence-electron chi connectivity index (χ3n) is 3.67. The fraction of sp³-hybridized carbons (Fsp3) is 0.176. The van der Waals surface area contributed by atoms with E-state index in [9.17, 15) is 0 Å². The van der Waals surface area contributed by atoms with Crippen molar-refractivity contribution in [2.24, 2.45) is 0 Å². The summed E-state index contributed by atoms with van der Waals surface area (Å²) in [5, 5.41) is 12.0. The minimum absolute atomic E-state index is 0.121. The number of nitrogens with zero attached hydrogens (tertiary/aromatic N) is 5. The number of aliphatic hydroxyl groups excluding tert-OH is 1. The molecule has 0 bridgehead atoms. The Hall–Kier alpha value is -2.84. The van der Waals surface area contributed by atoms with Crippen LogP contribution in [0.15, 0.2) is 52.8 Å². The van der Waals surface area contributed by atoms with E-state index < -0.39 is 0 Å². The van der Waals surface area contributed by atoms with Gasteiger partial charge in [-0.1, -0.05) is 0 Å². The molecule has 4 rings (SSSR count). The fourth-order valence-corrected chi connectivity index (χ4v) is 3.27. The second kappa shape index (κ2) is 6.96. The summed E-state index contributed by atoms with van der Waals surface area (Å²) in [7, 11) is 0. The lowest BCUT2D eigenvalue weighted by molar-refractivity contribution is 0.248. The molecule has 0 aliphatic carbocycles. The Balaban J connectivity index is 1.48. The highest BCUT2D eigenvalue weighted by Crippen LogP contribution is 2.23. The standard InChI is InChI=1S/C17H15N5O2S/c23-10-13-2-3-14(24-13)16-20-7-9-22(16)8-4-12-11-25-17(21-12)15-18-5-1-6-19-15/h1-3,5-7,9,11,23H,4,8,10H2. The molecule has 4 aromatic heterocycles. The van der Waals surface area contributed by atoms with E-state index >= 15 is 0 Å². The van der Waals surface area contributed by atoms with Crippen LogP contribution in [0.4, 0.5) is 0 Å². The number of furan rings is 1. The van der Waals surface area contributed by atoms with Crippen LogP contribution in [0.25, 0.3) is 22.4 Å². The Kier molecular flexibility index (Phi) is 4.36. The maximum Gasteiger partial charge on any atom is 0.188 e. The summed E-state index contributed by atoms with van der Waals surface area (Å²) in [6.07, 6.45) is 7.83. The van der Waals surface area contributed by atoms with Gasteiger partial charge < -0.3 is 14.1 Å². The average Bonchev–Trinajstić information content (AvgIpc) is 3.39. The molecule has 7 nitrogen and oxygen atoms in total. The Morgan fingerprint density at radius 2 is 2.00 bits per heavy atom. The molecule has 0 spiro atoms. The minimum atomic E-state index is -0.121. The molecule has 0 atom stereocenters. The normalized spacial score (nSPS) is 11.1. The van der Waals surface area contributed by atoms with E-state index in [1.54, 1.807) is 30.7 Å². The van der Waals surface area contributed by atoms with E-state index in [2.05, 4.69) is 19.9 Å². The molecule has 0 saturated carbocycles. The van der Waals surface area contributed by atoms with Crippen molar-refractivity contribution >= 4 is 11.3 Å². The quantitative estimate of drug-likeness (QED) is 0.573. The van der Waals surface area contributed by atoms with Crippen LogP contribution in [-0.4, -0.2) is 29.6 Å². The molecular formula is C17H15N5O2S. The number of hydrogen-bond acceptors (Lipinski definition) is 7. The first kappa shape index (κ1) is 15.7. The Bertz CT molecular complexity index is 960. The van der Waals surface area contributed by atoms with Crippen molar-refractivity contribution in [1.29, 1.82) is 0 Å². The minimum Gasteiger partial charge on any atom is -0.455 e. The first-order valence-corrected chi connectivity index (χ1v) is 8.64. The van der Waals surface area contributed by atoms with Crippen LogP contribution in [0.3, 0.4) is 0 Å². The van der Waals surface area contributed by atoms with Gasteiger partial charge in [0.05, 0.1) is 5.69 Å². The Labute approximate surface area is 147 Å². The average molecular weight is 353 g/mol. The molecule has 8 heteroatoms. The van der Waals surface area contributed by atoms with Crippen LogP contribution in [-0.2, 0) is 19.6 Å². The van der Waals surface area contributed by atoms with E-state index in [0.29, 0.717) is 17.3 Å². The molecule has 25 heavy (non-hydrogen) atoms. The number of rotatable bonds is 6. The van der Waals surface area contributed by atoms with Crippen molar-refractivity contribution < 1.29 is 9.52 Å². The zero-order valence-corrected chi connectivity index (χ0v) is 14.1. The summed E-state index contributed by atoms with van der Waals surface area (Å²) in [4.78, 5) is 17.4. The first-order chi connectivity index (χ1) is 12.3.